The smallest absolute Gasteiger partial charge is 0.147 e. The van der Waals surface area contributed by atoms with Crippen LogP contribution in [0.25, 0.3) is 0 Å². The topological polar surface area (TPSA) is 38.9 Å². The summed E-state index contributed by atoms with van der Waals surface area (Å²) >= 11 is 0. The molecule has 14 heavy (non-hydrogen) atoms. The molecule has 1 aliphatic carbocycles. The largest absolute Gasteiger partial charge is 0.328 e. The zero-order valence-corrected chi connectivity index (χ0v) is 7.71. The van der Waals surface area contributed by atoms with E-state index in [0.717, 1.165) is 25.2 Å². The number of halogens is 2. The standard InChI is InChI=1S/C10H12F2N2/c11-8-4-14-5-9(12)10(8)6-1-2-7(13)3-6/h4-7H,1-3,13H2. The second-order valence-corrected chi connectivity index (χ2v) is 3.79. The summed E-state index contributed by atoms with van der Waals surface area (Å²) in [6.07, 6.45) is 4.38. The van der Waals surface area contributed by atoms with Crippen LogP contribution in [0.15, 0.2) is 12.4 Å². The van der Waals surface area contributed by atoms with Crippen molar-refractivity contribution < 1.29 is 8.78 Å². The summed E-state index contributed by atoms with van der Waals surface area (Å²) in [5, 5.41) is 0. The molecule has 1 heterocycles. The van der Waals surface area contributed by atoms with Gasteiger partial charge in [0, 0.05) is 11.6 Å². The first-order chi connectivity index (χ1) is 6.68. The second-order valence-electron chi connectivity index (χ2n) is 3.79. The molecule has 0 spiro atoms. The van der Waals surface area contributed by atoms with E-state index in [0.29, 0.717) is 6.42 Å². The highest BCUT2D eigenvalue weighted by Gasteiger charge is 2.27. The predicted molar refractivity (Wildman–Crippen MR) is 48.7 cm³/mol. The van der Waals surface area contributed by atoms with Crippen LogP contribution in [0.5, 0.6) is 0 Å². The van der Waals surface area contributed by atoms with Gasteiger partial charge >= 0.3 is 0 Å². The van der Waals surface area contributed by atoms with Gasteiger partial charge in [-0.2, -0.15) is 0 Å². The molecule has 1 aromatic heterocycles. The summed E-state index contributed by atoms with van der Waals surface area (Å²) in [6, 6.07) is 0.0759. The van der Waals surface area contributed by atoms with Crippen molar-refractivity contribution >= 4 is 0 Å². The minimum Gasteiger partial charge on any atom is -0.328 e. The lowest BCUT2D eigenvalue weighted by molar-refractivity contribution is 0.514. The fraction of sp³-hybridized carbons (Fsp3) is 0.500. The van der Waals surface area contributed by atoms with Crippen LogP contribution in [0, 0.1) is 11.6 Å². The molecule has 1 saturated carbocycles. The highest BCUT2D eigenvalue weighted by molar-refractivity contribution is 5.21. The fourth-order valence-electron chi connectivity index (χ4n) is 2.09. The van der Waals surface area contributed by atoms with Crippen molar-refractivity contribution in [3.63, 3.8) is 0 Å². The van der Waals surface area contributed by atoms with E-state index in [9.17, 15) is 8.78 Å². The molecule has 0 bridgehead atoms. The van der Waals surface area contributed by atoms with Gasteiger partial charge in [-0.3, -0.25) is 4.98 Å². The van der Waals surface area contributed by atoms with Crippen LogP contribution in [0.1, 0.15) is 30.7 Å². The van der Waals surface area contributed by atoms with Gasteiger partial charge in [0.15, 0.2) is 0 Å². The Morgan fingerprint density at radius 2 is 1.86 bits per heavy atom. The summed E-state index contributed by atoms with van der Waals surface area (Å²) < 4.78 is 26.6. The Labute approximate surface area is 81.1 Å². The summed E-state index contributed by atoms with van der Waals surface area (Å²) in [4.78, 5) is 3.45. The Bertz CT molecular complexity index is 321. The van der Waals surface area contributed by atoms with Crippen LogP contribution in [-0.2, 0) is 0 Å². The van der Waals surface area contributed by atoms with Crippen LogP contribution < -0.4 is 5.73 Å². The molecule has 2 nitrogen and oxygen atoms in total. The van der Waals surface area contributed by atoms with Crippen molar-refractivity contribution in [1.29, 1.82) is 0 Å². The maximum Gasteiger partial charge on any atom is 0.147 e. The lowest BCUT2D eigenvalue weighted by atomic mass is 9.97. The van der Waals surface area contributed by atoms with Gasteiger partial charge in [-0.1, -0.05) is 0 Å². The van der Waals surface area contributed by atoms with Gasteiger partial charge in [0.1, 0.15) is 11.6 Å². The van der Waals surface area contributed by atoms with E-state index in [-0.39, 0.29) is 17.5 Å². The van der Waals surface area contributed by atoms with Crippen molar-refractivity contribution in [2.24, 2.45) is 5.73 Å². The van der Waals surface area contributed by atoms with Crippen molar-refractivity contribution in [1.82, 2.24) is 4.98 Å². The third-order valence-corrected chi connectivity index (χ3v) is 2.77. The SMILES string of the molecule is NC1CCC(c2c(F)cncc2F)C1. The Kier molecular flexibility index (Phi) is 2.46. The number of nitrogens with two attached hydrogens (primary N) is 1. The first-order valence-electron chi connectivity index (χ1n) is 4.73. The third-order valence-electron chi connectivity index (χ3n) is 2.77. The van der Waals surface area contributed by atoms with Crippen LogP contribution >= 0.6 is 0 Å². The number of aromatic nitrogens is 1. The number of rotatable bonds is 1. The molecule has 76 valence electrons. The normalized spacial score (nSPS) is 26.8. The molecule has 1 aliphatic rings. The summed E-state index contributed by atoms with van der Waals surface area (Å²) in [5.74, 6) is -1.18. The first-order valence-corrected chi connectivity index (χ1v) is 4.73. The second kappa shape index (κ2) is 3.61. The maximum atomic E-state index is 13.3. The van der Waals surface area contributed by atoms with Crippen molar-refractivity contribution in [3.05, 3.63) is 29.6 Å². The van der Waals surface area contributed by atoms with Gasteiger partial charge in [0.25, 0.3) is 0 Å². The molecule has 2 rings (SSSR count). The highest BCUT2D eigenvalue weighted by Crippen LogP contribution is 2.35. The van der Waals surface area contributed by atoms with Gasteiger partial charge in [-0.05, 0) is 25.2 Å². The highest BCUT2D eigenvalue weighted by atomic mass is 19.1. The van der Waals surface area contributed by atoms with Crippen LogP contribution in [0.4, 0.5) is 8.78 Å². The summed E-state index contributed by atoms with van der Waals surface area (Å²) in [7, 11) is 0. The van der Waals surface area contributed by atoms with E-state index >= 15 is 0 Å². The molecular formula is C10H12F2N2. The Hall–Kier alpha value is -1.03. The van der Waals surface area contributed by atoms with E-state index in [2.05, 4.69) is 4.98 Å². The minimum absolute atomic E-state index is 0.0759. The zero-order valence-electron chi connectivity index (χ0n) is 7.71. The van der Waals surface area contributed by atoms with Crippen LogP contribution in [0.3, 0.4) is 0 Å². The zero-order chi connectivity index (χ0) is 10.1. The molecule has 4 heteroatoms. The van der Waals surface area contributed by atoms with Gasteiger partial charge in [-0.15, -0.1) is 0 Å². The van der Waals surface area contributed by atoms with Gasteiger partial charge in [0.05, 0.1) is 12.4 Å². The molecule has 1 aromatic rings. The fourth-order valence-corrected chi connectivity index (χ4v) is 2.09. The molecule has 0 radical (unpaired) electrons. The average molecular weight is 198 g/mol. The summed E-state index contributed by atoms with van der Waals surface area (Å²) in [6.45, 7) is 0. The Balaban J connectivity index is 2.31. The van der Waals surface area contributed by atoms with Crippen molar-refractivity contribution in [2.75, 3.05) is 0 Å². The summed E-state index contributed by atoms with van der Waals surface area (Å²) in [5.41, 5.74) is 5.86. The van der Waals surface area contributed by atoms with Crippen LogP contribution in [-0.4, -0.2) is 11.0 Å². The molecule has 0 amide bonds. The molecule has 1 fully saturated rings. The molecule has 0 aliphatic heterocycles. The van der Waals surface area contributed by atoms with E-state index in [4.69, 9.17) is 5.73 Å². The quantitative estimate of drug-likeness (QED) is 0.749. The number of hydrogen-bond acceptors (Lipinski definition) is 2. The molecular weight excluding hydrogens is 186 g/mol. The Morgan fingerprint density at radius 1 is 1.21 bits per heavy atom. The lowest BCUT2D eigenvalue weighted by Crippen LogP contribution is -2.15. The van der Waals surface area contributed by atoms with Gasteiger partial charge in [0.2, 0.25) is 0 Å². The van der Waals surface area contributed by atoms with Crippen molar-refractivity contribution in [3.8, 4) is 0 Å². The molecule has 2 atom stereocenters. The van der Waals surface area contributed by atoms with E-state index in [1.54, 1.807) is 0 Å². The van der Waals surface area contributed by atoms with E-state index in [1.807, 2.05) is 0 Å². The maximum absolute atomic E-state index is 13.3. The number of hydrogen-bond donors (Lipinski definition) is 1. The van der Waals surface area contributed by atoms with E-state index in [1.165, 1.54) is 0 Å². The number of nitrogens with zero attached hydrogens (tertiary/aromatic N) is 1. The predicted octanol–water partition coefficient (Wildman–Crippen LogP) is 1.95. The van der Waals surface area contributed by atoms with Gasteiger partial charge in [-0.25, -0.2) is 8.78 Å². The van der Waals surface area contributed by atoms with Gasteiger partial charge < -0.3 is 5.73 Å². The third kappa shape index (κ3) is 1.62. The van der Waals surface area contributed by atoms with Crippen LogP contribution in [0.2, 0.25) is 0 Å². The average Bonchev–Trinajstić information content (AvgIpc) is 2.51. The first kappa shape index (κ1) is 9.52. The van der Waals surface area contributed by atoms with Crippen molar-refractivity contribution in [2.45, 2.75) is 31.2 Å². The molecule has 2 N–H and O–H groups in total. The monoisotopic (exact) mass is 198 g/mol. The van der Waals surface area contributed by atoms with E-state index < -0.39 is 11.6 Å². The lowest BCUT2D eigenvalue weighted by Gasteiger charge is -2.11. The molecule has 2 unspecified atom stereocenters. The minimum atomic E-state index is -0.552. The molecule has 0 saturated heterocycles. The number of pyridine rings is 1. The Morgan fingerprint density at radius 3 is 2.36 bits per heavy atom. The molecule has 0 aromatic carbocycles.